The Balaban J connectivity index is 0.00000220. The van der Waals surface area contributed by atoms with Crippen LogP contribution in [0.1, 0.15) is 43.4 Å². The van der Waals surface area contributed by atoms with Crippen LogP contribution in [-0.2, 0) is 9.53 Å². The van der Waals surface area contributed by atoms with E-state index in [1.54, 1.807) is 0 Å². The number of hydrogen-bond donors (Lipinski definition) is 2. The van der Waals surface area contributed by atoms with Crippen LogP contribution in [0.15, 0.2) is 24.3 Å². The van der Waals surface area contributed by atoms with E-state index in [0.29, 0.717) is 6.54 Å². The highest BCUT2D eigenvalue weighted by Crippen LogP contribution is 2.22. The monoisotopic (exact) mass is 312 g/mol. The normalized spacial score (nSPS) is 22.4. The molecule has 1 fully saturated rings. The summed E-state index contributed by atoms with van der Waals surface area (Å²) in [5, 5.41) is 3.08. The molecule has 3 N–H and O–H groups in total. The Labute approximate surface area is 132 Å². The van der Waals surface area contributed by atoms with Crippen LogP contribution >= 0.6 is 12.4 Å². The smallest absolute Gasteiger partial charge is 0.249 e. The number of amides is 1. The molecule has 0 aliphatic carbocycles. The average molecular weight is 313 g/mol. The Bertz CT molecular complexity index is 450. The van der Waals surface area contributed by atoms with E-state index in [1.165, 1.54) is 5.56 Å². The van der Waals surface area contributed by atoms with Crippen molar-refractivity contribution in [3.63, 3.8) is 0 Å². The predicted octanol–water partition coefficient (Wildman–Crippen LogP) is 2.49. The fraction of sp³-hybridized carbons (Fsp3) is 0.562. The first kappa shape index (κ1) is 18.0. The van der Waals surface area contributed by atoms with Gasteiger partial charge in [-0.1, -0.05) is 36.8 Å². The lowest BCUT2D eigenvalue weighted by molar-refractivity contribution is -0.132. The number of carbonyl (C=O) groups excluding carboxylic acids is 1. The summed E-state index contributed by atoms with van der Waals surface area (Å²) in [5.41, 5.74) is 7.93. The molecule has 1 amide bonds. The molecule has 1 aromatic rings. The summed E-state index contributed by atoms with van der Waals surface area (Å²) in [6.45, 7) is 4.62. The molecule has 21 heavy (non-hydrogen) atoms. The molecule has 3 atom stereocenters. The number of carbonyl (C=O) groups is 1. The minimum absolute atomic E-state index is 0. The number of aryl methyl sites for hydroxylation is 1. The van der Waals surface area contributed by atoms with Crippen molar-refractivity contribution >= 4 is 18.3 Å². The largest absolute Gasteiger partial charge is 0.364 e. The third kappa shape index (κ3) is 4.70. The molecule has 5 heteroatoms. The minimum Gasteiger partial charge on any atom is -0.364 e. The first-order chi connectivity index (χ1) is 9.63. The van der Waals surface area contributed by atoms with E-state index < -0.39 is 0 Å². The Kier molecular flexibility index (Phi) is 7.15. The molecule has 0 spiro atoms. The van der Waals surface area contributed by atoms with Crippen LogP contribution in [-0.4, -0.2) is 24.7 Å². The van der Waals surface area contributed by atoms with E-state index in [0.717, 1.165) is 24.8 Å². The van der Waals surface area contributed by atoms with Crippen molar-refractivity contribution in [2.75, 3.05) is 6.54 Å². The SMILES string of the molecule is CCC(NC(=O)[C@@H]1CC[C@H](CN)O1)c1ccc(C)cc1.Cl. The fourth-order valence-electron chi connectivity index (χ4n) is 2.56. The molecular formula is C16H25ClN2O2. The lowest BCUT2D eigenvalue weighted by Gasteiger charge is -2.20. The van der Waals surface area contributed by atoms with Crippen molar-refractivity contribution in [3.05, 3.63) is 35.4 Å². The van der Waals surface area contributed by atoms with Gasteiger partial charge in [0.2, 0.25) is 5.91 Å². The molecule has 2 rings (SSSR count). The van der Waals surface area contributed by atoms with Gasteiger partial charge in [0, 0.05) is 6.54 Å². The first-order valence-electron chi connectivity index (χ1n) is 7.36. The van der Waals surface area contributed by atoms with Crippen LogP contribution in [0.25, 0.3) is 0 Å². The minimum atomic E-state index is -0.344. The highest BCUT2D eigenvalue weighted by molar-refractivity contribution is 5.85. The van der Waals surface area contributed by atoms with Crippen LogP contribution in [0.2, 0.25) is 0 Å². The van der Waals surface area contributed by atoms with Crippen molar-refractivity contribution in [1.82, 2.24) is 5.32 Å². The van der Waals surface area contributed by atoms with Crippen molar-refractivity contribution in [1.29, 1.82) is 0 Å². The zero-order chi connectivity index (χ0) is 14.5. The van der Waals surface area contributed by atoms with Gasteiger partial charge in [0.1, 0.15) is 6.10 Å². The maximum Gasteiger partial charge on any atom is 0.249 e. The standard InChI is InChI=1S/C16H24N2O2.ClH/c1-3-14(12-6-4-11(2)5-7-12)18-16(19)15-9-8-13(10-17)20-15;/h4-7,13-15H,3,8-10,17H2,1-2H3,(H,18,19);1H/t13-,14?,15+;/m1./s1. The number of nitrogens with two attached hydrogens (primary N) is 1. The van der Waals surface area contributed by atoms with E-state index in [9.17, 15) is 4.79 Å². The zero-order valence-corrected chi connectivity index (χ0v) is 13.5. The van der Waals surface area contributed by atoms with Crippen molar-refractivity contribution in [2.45, 2.75) is 51.4 Å². The van der Waals surface area contributed by atoms with Crippen LogP contribution in [0.3, 0.4) is 0 Å². The summed E-state index contributed by atoms with van der Waals surface area (Å²) in [5.74, 6) is -0.0200. The molecule has 0 saturated carbocycles. The summed E-state index contributed by atoms with van der Waals surface area (Å²) in [4.78, 5) is 12.2. The maximum absolute atomic E-state index is 12.2. The van der Waals surface area contributed by atoms with E-state index in [4.69, 9.17) is 10.5 Å². The van der Waals surface area contributed by atoms with Crippen molar-refractivity contribution in [2.24, 2.45) is 5.73 Å². The molecule has 1 aromatic carbocycles. The highest BCUT2D eigenvalue weighted by atomic mass is 35.5. The number of benzene rings is 1. The Morgan fingerprint density at radius 2 is 2.05 bits per heavy atom. The van der Waals surface area contributed by atoms with Gasteiger partial charge < -0.3 is 15.8 Å². The summed E-state index contributed by atoms with van der Waals surface area (Å²) >= 11 is 0. The summed E-state index contributed by atoms with van der Waals surface area (Å²) in [7, 11) is 0. The van der Waals surface area contributed by atoms with Crippen LogP contribution < -0.4 is 11.1 Å². The van der Waals surface area contributed by atoms with Crippen molar-refractivity contribution in [3.8, 4) is 0 Å². The number of rotatable bonds is 5. The molecule has 1 aliphatic heterocycles. The predicted molar refractivity (Wildman–Crippen MR) is 86.6 cm³/mol. The summed E-state index contributed by atoms with van der Waals surface area (Å²) < 4.78 is 5.64. The molecule has 118 valence electrons. The fourth-order valence-corrected chi connectivity index (χ4v) is 2.56. The zero-order valence-electron chi connectivity index (χ0n) is 12.7. The topological polar surface area (TPSA) is 64.4 Å². The Hall–Kier alpha value is -1.10. The van der Waals surface area contributed by atoms with Gasteiger partial charge in [-0.05, 0) is 31.7 Å². The van der Waals surface area contributed by atoms with E-state index in [2.05, 4.69) is 43.4 Å². The third-order valence-electron chi connectivity index (χ3n) is 3.87. The molecule has 4 nitrogen and oxygen atoms in total. The van der Waals surface area contributed by atoms with E-state index in [-0.39, 0.29) is 36.6 Å². The van der Waals surface area contributed by atoms with E-state index in [1.807, 2.05) is 0 Å². The molecule has 1 heterocycles. The van der Waals surface area contributed by atoms with Gasteiger partial charge in [0.25, 0.3) is 0 Å². The van der Waals surface area contributed by atoms with Gasteiger partial charge >= 0.3 is 0 Å². The van der Waals surface area contributed by atoms with Crippen LogP contribution in [0.5, 0.6) is 0 Å². The van der Waals surface area contributed by atoms with Crippen LogP contribution in [0.4, 0.5) is 0 Å². The second-order valence-corrected chi connectivity index (χ2v) is 5.44. The van der Waals surface area contributed by atoms with Gasteiger partial charge in [-0.15, -0.1) is 12.4 Å². The van der Waals surface area contributed by atoms with E-state index >= 15 is 0 Å². The third-order valence-corrected chi connectivity index (χ3v) is 3.87. The average Bonchev–Trinajstić information content (AvgIpc) is 2.94. The lowest BCUT2D eigenvalue weighted by Crippen LogP contribution is -2.37. The summed E-state index contributed by atoms with van der Waals surface area (Å²) in [6, 6.07) is 8.33. The number of halogens is 1. The van der Waals surface area contributed by atoms with Gasteiger partial charge in [-0.3, -0.25) is 4.79 Å². The van der Waals surface area contributed by atoms with Gasteiger partial charge in [-0.25, -0.2) is 0 Å². The van der Waals surface area contributed by atoms with Gasteiger partial charge in [0.05, 0.1) is 12.1 Å². The molecule has 1 aliphatic rings. The first-order valence-corrected chi connectivity index (χ1v) is 7.36. The Morgan fingerprint density at radius 1 is 1.38 bits per heavy atom. The lowest BCUT2D eigenvalue weighted by atomic mass is 10.0. The number of nitrogens with one attached hydrogen (secondary N) is 1. The molecular weight excluding hydrogens is 288 g/mol. The highest BCUT2D eigenvalue weighted by Gasteiger charge is 2.30. The van der Waals surface area contributed by atoms with Gasteiger partial charge in [-0.2, -0.15) is 0 Å². The molecule has 0 radical (unpaired) electrons. The Morgan fingerprint density at radius 3 is 2.57 bits per heavy atom. The second-order valence-electron chi connectivity index (χ2n) is 5.44. The quantitative estimate of drug-likeness (QED) is 0.878. The molecule has 0 bridgehead atoms. The number of hydrogen-bond acceptors (Lipinski definition) is 3. The molecule has 1 saturated heterocycles. The molecule has 1 unspecified atom stereocenters. The number of ether oxygens (including phenoxy) is 1. The van der Waals surface area contributed by atoms with Crippen LogP contribution in [0, 0.1) is 6.92 Å². The second kappa shape index (κ2) is 8.37. The maximum atomic E-state index is 12.2. The summed E-state index contributed by atoms with van der Waals surface area (Å²) in [6.07, 6.45) is 2.18. The molecule has 0 aromatic heterocycles. The van der Waals surface area contributed by atoms with Crippen molar-refractivity contribution < 1.29 is 9.53 Å². The van der Waals surface area contributed by atoms with Gasteiger partial charge in [0.15, 0.2) is 0 Å².